The molecule has 0 spiro atoms. The summed E-state index contributed by atoms with van der Waals surface area (Å²) in [5, 5.41) is 0. The molecule has 6 nitrogen and oxygen atoms in total. The third kappa shape index (κ3) is 4.40. The van der Waals surface area contributed by atoms with E-state index in [0.717, 1.165) is 5.56 Å². The van der Waals surface area contributed by atoms with Crippen LogP contribution in [0, 0.1) is 5.92 Å². The van der Waals surface area contributed by atoms with E-state index in [0.29, 0.717) is 16.9 Å². The Bertz CT molecular complexity index is 1440. The van der Waals surface area contributed by atoms with Crippen LogP contribution in [0.2, 0.25) is 0 Å². The molecule has 3 amide bonds. The summed E-state index contributed by atoms with van der Waals surface area (Å²) in [5.41, 5.74) is 2.58. The van der Waals surface area contributed by atoms with Crippen molar-refractivity contribution in [1.82, 2.24) is 0 Å². The number of hydrogen-bond donors (Lipinski definition) is 0. The number of Topliss-reactive ketones (excluding diaryl/α,β-unsaturated/α-hetero) is 1. The number of urea groups is 1. The number of benzene rings is 4. The number of para-hydroxylation sites is 2. The van der Waals surface area contributed by atoms with Crippen molar-refractivity contribution < 1.29 is 19.1 Å². The number of ketones is 1. The zero-order valence-corrected chi connectivity index (χ0v) is 20.6. The molecule has 188 valence electrons. The van der Waals surface area contributed by atoms with Crippen molar-refractivity contribution in [3.05, 3.63) is 132 Å². The van der Waals surface area contributed by atoms with Gasteiger partial charge in [-0.1, -0.05) is 97.1 Å². The first kappa shape index (κ1) is 23.8. The van der Waals surface area contributed by atoms with Gasteiger partial charge < -0.3 is 4.74 Å². The Morgan fingerprint density at radius 2 is 1.24 bits per heavy atom. The summed E-state index contributed by atoms with van der Waals surface area (Å²) < 4.78 is 6.10. The topological polar surface area (TPSA) is 70.2 Å². The number of hydrogen-bond acceptors (Lipinski definition) is 4. The lowest BCUT2D eigenvalue weighted by molar-refractivity contribution is -0.122. The van der Waals surface area contributed by atoms with E-state index in [1.165, 1.54) is 4.90 Å². The van der Waals surface area contributed by atoms with Gasteiger partial charge in [0.1, 0.15) is 6.10 Å². The Morgan fingerprint density at radius 1 is 0.711 bits per heavy atom. The van der Waals surface area contributed by atoms with E-state index in [-0.39, 0.29) is 18.1 Å². The average molecular weight is 503 g/mol. The lowest BCUT2D eigenvalue weighted by Gasteiger charge is -2.30. The average Bonchev–Trinajstić information content (AvgIpc) is 3.75. The molecule has 4 unspecified atom stereocenters. The monoisotopic (exact) mass is 502 g/mol. The van der Waals surface area contributed by atoms with Crippen LogP contribution in [0.4, 0.5) is 16.2 Å². The molecule has 0 aliphatic carbocycles. The van der Waals surface area contributed by atoms with E-state index in [4.69, 9.17) is 4.74 Å². The van der Waals surface area contributed by atoms with Crippen LogP contribution in [0.3, 0.4) is 0 Å². The Balaban J connectivity index is 1.45. The third-order valence-corrected chi connectivity index (χ3v) is 7.22. The molecule has 6 heteroatoms. The molecule has 2 fully saturated rings. The maximum absolute atomic E-state index is 14.4. The van der Waals surface area contributed by atoms with Gasteiger partial charge >= 0.3 is 6.03 Å². The SMILES string of the molecule is O=C(CC(c1ccccc1)C1C(=O)N(c2ccccc2)C(=O)N(c2ccccc2)C2OC12)c1ccccc1. The molecule has 38 heavy (non-hydrogen) atoms. The molecule has 0 N–H and O–H groups in total. The first-order chi connectivity index (χ1) is 18.6. The number of carbonyl (C=O) groups is 3. The van der Waals surface area contributed by atoms with Crippen LogP contribution in [-0.2, 0) is 9.53 Å². The van der Waals surface area contributed by atoms with Gasteiger partial charge in [-0.2, -0.15) is 0 Å². The molecule has 2 saturated heterocycles. The highest BCUT2D eigenvalue weighted by Crippen LogP contribution is 2.47. The number of rotatable bonds is 7. The van der Waals surface area contributed by atoms with Gasteiger partial charge in [0.15, 0.2) is 12.0 Å². The highest BCUT2D eigenvalue weighted by molar-refractivity contribution is 6.21. The van der Waals surface area contributed by atoms with Gasteiger partial charge in [-0.05, 0) is 29.8 Å². The number of imide groups is 1. The highest BCUT2D eigenvalue weighted by Gasteiger charge is 2.60. The number of nitrogens with zero attached hydrogens (tertiary/aromatic N) is 2. The van der Waals surface area contributed by atoms with Gasteiger partial charge in [-0.15, -0.1) is 0 Å². The van der Waals surface area contributed by atoms with Gasteiger partial charge in [-0.3, -0.25) is 14.5 Å². The number of fused-ring (bicyclic) bond motifs is 1. The van der Waals surface area contributed by atoms with Gasteiger partial charge in [0, 0.05) is 23.6 Å². The molecule has 4 aromatic carbocycles. The molecule has 4 atom stereocenters. The fourth-order valence-corrected chi connectivity index (χ4v) is 5.34. The summed E-state index contributed by atoms with van der Waals surface area (Å²) in [6.07, 6.45) is -1.04. The number of carbonyl (C=O) groups excluding carboxylic acids is 3. The van der Waals surface area contributed by atoms with Crippen molar-refractivity contribution in [3.8, 4) is 0 Å². The molecule has 0 aromatic heterocycles. The van der Waals surface area contributed by atoms with Crippen LogP contribution in [0.15, 0.2) is 121 Å². The lowest BCUT2D eigenvalue weighted by atomic mass is 9.78. The molecule has 0 saturated carbocycles. The molecule has 0 bridgehead atoms. The van der Waals surface area contributed by atoms with Crippen LogP contribution in [0.1, 0.15) is 28.3 Å². The smallest absolute Gasteiger partial charge is 0.338 e. The molecule has 0 radical (unpaired) electrons. The predicted molar refractivity (Wildman–Crippen MR) is 145 cm³/mol. The molecule has 2 aliphatic rings. The van der Waals surface area contributed by atoms with Gasteiger partial charge in [0.25, 0.3) is 0 Å². The normalized spacial score (nSPS) is 21.4. The minimum atomic E-state index is -0.743. The number of amides is 3. The molecule has 2 heterocycles. The summed E-state index contributed by atoms with van der Waals surface area (Å²) in [5.74, 6) is -1.66. The van der Waals surface area contributed by atoms with E-state index >= 15 is 0 Å². The summed E-state index contributed by atoms with van der Waals surface area (Å²) in [6.45, 7) is 0. The maximum Gasteiger partial charge on any atom is 0.338 e. The van der Waals surface area contributed by atoms with Crippen molar-refractivity contribution in [2.24, 2.45) is 5.92 Å². The predicted octanol–water partition coefficient (Wildman–Crippen LogP) is 6.06. The summed E-state index contributed by atoms with van der Waals surface area (Å²) in [6, 6.07) is 36.4. The summed E-state index contributed by atoms with van der Waals surface area (Å²) in [7, 11) is 0. The Labute approximate surface area is 221 Å². The summed E-state index contributed by atoms with van der Waals surface area (Å²) >= 11 is 0. The van der Waals surface area contributed by atoms with Gasteiger partial charge in [0.2, 0.25) is 5.91 Å². The standard InChI is InChI=1S/C32H26N2O4/c35-27(23-15-7-2-8-16-23)21-26(22-13-5-1-6-14-22)28-29-31(38-29)34(25-19-11-4-12-20-25)32(37)33(30(28)36)24-17-9-3-10-18-24/h1-20,26,28-29,31H,21H2. The zero-order valence-electron chi connectivity index (χ0n) is 20.6. The fraction of sp³-hybridized carbons (Fsp3) is 0.156. The van der Waals surface area contributed by atoms with E-state index in [2.05, 4.69) is 0 Å². The van der Waals surface area contributed by atoms with Crippen LogP contribution in [-0.4, -0.2) is 30.1 Å². The molecule has 4 aromatic rings. The second-order valence-electron chi connectivity index (χ2n) is 9.52. The highest BCUT2D eigenvalue weighted by atomic mass is 16.6. The third-order valence-electron chi connectivity index (χ3n) is 7.22. The second-order valence-corrected chi connectivity index (χ2v) is 9.52. The lowest BCUT2D eigenvalue weighted by Crippen LogP contribution is -2.48. The van der Waals surface area contributed by atoms with Crippen molar-refractivity contribution >= 4 is 29.1 Å². The van der Waals surface area contributed by atoms with Crippen molar-refractivity contribution in [3.63, 3.8) is 0 Å². The van der Waals surface area contributed by atoms with Crippen LogP contribution < -0.4 is 9.80 Å². The van der Waals surface area contributed by atoms with Crippen molar-refractivity contribution in [1.29, 1.82) is 0 Å². The van der Waals surface area contributed by atoms with E-state index in [1.54, 1.807) is 41.3 Å². The maximum atomic E-state index is 14.4. The molecule has 2 aliphatic heterocycles. The number of anilines is 2. The second kappa shape index (κ2) is 10.1. The first-order valence-electron chi connectivity index (χ1n) is 12.7. The fourth-order valence-electron chi connectivity index (χ4n) is 5.34. The molecule has 6 rings (SSSR count). The van der Waals surface area contributed by atoms with Crippen LogP contribution in [0.5, 0.6) is 0 Å². The Morgan fingerprint density at radius 3 is 1.84 bits per heavy atom. The van der Waals surface area contributed by atoms with Crippen molar-refractivity contribution in [2.45, 2.75) is 24.7 Å². The number of epoxide rings is 1. The van der Waals surface area contributed by atoms with Crippen molar-refractivity contribution in [2.75, 3.05) is 9.80 Å². The van der Waals surface area contributed by atoms with E-state index < -0.39 is 30.2 Å². The first-order valence-corrected chi connectivity index (χ1v) is 12.7. The Kier molecular flexibility index (Phi) is 6.32. The minimum absolute atomic E-state index is 0.0637. The van der Waals surface area contributed by atoms with E-state index in [9.17, 15) is 14.4 Å². The quantitative estimate of drug-likeness (QED) is 0.228. The minimum Gasteiger partial charge on any atom is -0.346 e. The van der Waals surface area contributed by atoms with Crippen LogP contribution in [0.25, 0.3) is 0 Å². The van der Waals surface area contributed by atoms with E-state index in [1.807, 2.05) is 84.9 Å². The zero-order chi connectivity index (χ0) is 26.1. The largest absolute Gasteiger partial charge is 0.346 e. The summed E-state index contributed by atoms with van der Waals surface area (Å²) in [4.78, 5) is 44.7. The van der Waals surface area contributed by atoms with Crippen LogP contribution >= 0.6 is 0 Å². The Hall–Kier alpha value is -4.55. The van der Waals surface area contributed by atoms with Gasteiger partial charge in [-0.25, -0.2) is 9.69 Å². The van der Waals surface area contributed by atoms with Gasteiger partial charge in [0.05, 0.1) is 11.6 Å². The molecular formula is C32H26N2O4. The number of ether oxygens (including phenoxy) is 1. The molecular weight excluding hydrogens is 476 g/mol.